The topological polar surface area (TPSA) is 70.6 Å². The minimum Gasteiger partial charge on any atom is -0.503 e. The van der Waals surface area contributed by atoms with E-state index in [4.69, 9.17) is 17.0 Å². The Balaban J connectivity index is 2.56. The normalized spacial score (nSPS) is 17.8. The Morgan fingerprint density at radius 1 is 1.50 bits per heavy atom. The van der Waals surface area contributed by atoms with Crippen LogP contribution in [0.2, 0.25) is 0 Å². The lowest BCUT2D eigenvalue weighted by molar-refractivity contribution is -0.114. The van der Waals surface area contributed by atoms with Crippen LogP contribution in [-0.2, 0) is 4.79 Å². The number of Topliss-reactive ketones (excluding diaryl/α,β-unsaturated/α-hetero) is 1. The van der Waals surface area contributed by atoms with E-state index in [9.17, 15) is 9.90 Å². The highest BCUT2D eigenvalue weighted by atomic mass is 79.9. The number of thiocarbonyl (C=S) groups is 1. The maximum atomic E-state index is 12.0. The Labute approximate surface area is 142 Å². The second-order valence-electron chi connectivity index (χ2n) is 4.91. The second-order valence-corrected chi connectivity index (χ2v) is 6.17. The fourth-order valence-electron chi connectivity index (χ4n) is 2.44. The predicted molar refractivity (Wildman–Crippen MR) is 92.0 cm³/mol. The number of phenolic OH excluding ortho intramolecular Hbond substituents is 1. The quantitative estimate of drug-likeness (QED) is 0.693. The van der Waals surface area contributed by atoms with Gasteiger partial charge in [0.1, 0.15) is 0 Å². The number of ether oxygens (including phenoxy) is 1. The van der Waals surface area contributed by atoms with Crippen LogP contribution in [-0.4, -0.2) is 22.6 Å². The average molecular weight is 385 g/mol. The molecule has 1 atom stereocenters. The van der Waals surface area contributed by atoms with Crippen molar-refractivity contribution in [3.8, 4) is 11.5 Å². The van der Waals surface area contributed by atoms with Crippen LogP contribution in [0.5, 0.6) is 11.5 Å². The number of nitrogens with one attached hydrogen (secondary N) is 2. The standard InChI is InChI=1S/C15H17BrN2O3S/c1-4-21-11-6-9(5-10(16)14(11)20)13-12(8(3)19)7(2)17-15(22)18-13/h5-6,13,20H,4H2,1-3H3,(H2,17,18,22)/t13-/m0/s1. The number of hydrogen-bond donors (Lipinski definition) is 3. The molecule has 0 amide bonds. The number of rotatable bonds is 4. The van der Waals surface area contributed by atoms with Crippen LogP contribution >= 0.6 is 28.1 Å². The van der Waals surface area contributed by atoms with E-state index in [0.29, 0.717) is 27.5 Å². The molecule has 0 unspecified atom stereocenters. The number of ketones is 1. The van der Waals surface area contributed by atoms with Crippen LogP contribution < -0.4 is 15.4 Å². The van der Waals surface area contributed by atoms with Crippen LogP contribution in [0.1, 0.15) is 32.4 Å². The summed E-state index contributed by atoms with van der Waals surface area (Å²) in [6.45, 7) is 5.59. The molecule has 0 aromatic heterocycles. The highest BCUT2D eigenvalue weighted by Gasteiger charge is 2.29. The van der Waals surface area contributed by atoms with Crippen molar-refractivity contribution in [3.63, 3.8) is 0 Å². The fourth-order valence-corrected chi connectivity index (χ4v) is 3.17. The predicted octanol–water partition coefficient (Wildman–Crippen LogP) is 2.94. The van der Waals surface area contributed by atoms with E-state index >= 15 is 0 Å². The van der Waals surface area contributed by atoms with Gasteiger partial charge in [-0.1, -0.05) is 0 Å². The molecule has 1 aliphatic heterocycles. The van der Waals surface area contributed by atoms with E-state index in [1.165, 1.54) is 6.92 Å². The summed E-state index contributed by atoms with van der Waals surface area (Å²) in [5.41, 5.74) is 2.11. The molecule has 118 valence electrons. The van der Waals surface area contributed by atoms with Crippen molar-refractivity contribution in [1.82, 2.24) is 10.6 Å². The summed E-state index contributed by atoms with van der Waals surface area (Å²) in [5.74, 6) is 0.345. The number of allylic oxidation sites excluding steroid dienone is 1. The van der Waals surface area contributed by atoms with Crippen molar-refractivity contribution in [2.45, 2.75) is 26.8 Å². The second kappa shape index (κ2) is 6.66. The lowest BCUT2D eigenvalue weighted by Crippen LogP contribution is -2.44. The molecule has 0 bridgehead atoms. The zero-order valence-corrected chi connectivity index (χ0v) is 14.9. The lowest BCUT2D eigenvalue weighted by Gasteiger charge is -2.30. The van der Waals surface area contributed by atoms with E-state index in [0.717, 1.165) is 11.3 Å². The molecule has 0 fully saturated rings. The van der Waals surface area contributed by atoms with Gasteiger partial charge in [-0.15, -0.1) is 0 Å². The molecule has 0 radical (unpaired) electrons. The van der Waals surface area contributed by atoms with Gasteiger partial charge in [0.15, 0.2) is 22.4 Å². The summed E-state index contributed by atoms with van der Waals surface area (Å²) in [4.78, 5) is 12.0. The Morgan fingerprint density at radius 2 is 2.18 bits per heavy atom. The van der Waals surface area contributed by atoms with Gasteiger partial charge in [-0.2, -0.15) is 0 Å². The van der Waals surface area contributed by atoms with E-state index in [2.05, 4.69) is 26.6 Å². The lowest BCUT2D eigenvalue weighted by atomic mass is 9.93. The minimum absolute atomic E-state index is 0.0344. The number of hydrogen-bond acceptors (Lipinski definition) is 4. The van der Waals surface area contributed by atoms with Gasteiger partial charge in [0.25, 0.3) is 0 Å². The van der Waals surface area contributed by atoms with E-state index < -0.39 is 0 Å². The first-order valence-corrected chi connectivity index (χ1v) is 7.99. The minimum atomic E-state index is -0.387. The smallest absolute Gasteiger partial charge is 0.172 e. The number of phenols is 1. The van der Waals surface area contributed by atoms with E-state index in [1.807, 2.05) is 13.8 Å². The summed E-state index contributed by atoms with van der Waals surface area (Å²) < 4.78 is 5.94. The molecule has 0 spiro atoms. The van der Waals surface area contributed by atoms with Crippen LogP contribution in [0, 0.1) is 0 Å². The first-order valence-electron chi connectivity index (χ1n) is 6.79. The van der Waals surface area contributed by atoms with Gasteiger partial charge in [-0.3, -0.25) is 4.79 Å². The van der Waals surface area contributed by atoms with Crippen LogP contribution in [0.4, 0.5) is 0 Å². The van der Waals surface area contributed by atoms with Gasteiger partial charge < -0.3 is 20.5 Å². The Kier molecular flexibility index (Phi) is 5.08. The highest BCUT2D eigenvalue weighted by molar-refractivity contribution is 9.10. The molecule has 1 aliphatic rings. The molecule has 0 saturated heterocycles. The van der Waals surface area contributed by atoms with Gasteiger partial charge in [-0.25, -0.2) is 0 Å². The van der Waals surface area contributed by atoms with Crippen molar-refractivity contribution in [2.75, 3.05) is 6.61 Å². The third kappa shape index (κ3) is 3.25. The van der Waals surface area contributed by atoms with Gasteiger partial charge in [0.2, 0.25) is 0 Å². The van der Waals surface area contributed by atoms with Crippen molar-refractivity contribution in [3.05, 3.63) is 33.4 Å². The van der Waals surface area contributed by atoms with E-state index in [1.54, 1.807) is 12.1 Å². The molecule has 7 heteroatoms. The summed E-state index contributed by atoms with van der Waals surface area (Å²) in [6, 6.07) is 3.08. The zero-order chi connectivity index (χ0) is 16.4. The van der Waals surface area contributed by atoms with E-state index in [-0.39, 0.29) is 17.6 Å². The summed E-state index contributed by atoms with van der Waals surface area (Å²) >= 11 is 8.50. The largest absolute Gasteiger partial charge is 0.503 e. The SMILES string of the molecule is CCOc1cc([C@@H]2NC(=S)NC(C)=C2C(C)=O)cc(Br)c1O. The van der Waals surface area contributed by atoms with Gasteiger partial charge in [0.05, 0.1) is 17.1 Å². The zero-order valence-electron chi connectivity index (χ0n) is 12.5. The molecule has 1 aromatic rings. The molecule has 5 nitrogen and oxygen atoms in total. The van der Waals surface area contributed by atoms with Gasteiger partial charge in [-0.05, 0) is 66.6 Å². The summed E-state index contributed by atoms with van der Waals surface area (Å²) in [6.07, 6.45) is 0. The molecule has 2 rings (SSSR count). The maximum Gasteiger partial charge on any atom is 0.172 e. The molecule has 1 heterocycles. The maximum absolute atomic E-state index is 12.0. The third-order valence-corrected chi connectivity index (χ3v) is 4.16. The average Bonchev–Trinajstić information content (AvgIpc) is 2.42. The Bertz CT molecular complexity index is 673. The molecule has 0 aliphatic carbocycles. The molecular formula is C15H17BrN2O3S. The van der Waals surface area contributed by atoms with Crippen molar-refractivity contribution < 1.29 is 14.6 Å². The third-order valence-electron chi connectivity index (χ3n) is 3.33. The van der Waals surface area contributed by atoms with Crippen molar-refractivity contribution in [1.29, 1.82) is 0 Å². The van der Waals surface area contributed by atoms with Crippen LogP contribution in [0.25, 0.3) is 0 Å². The molecule has 0 saturated carbocycles. The monoisotopic (exact) mass is 384 g/mol. The van der Waals surface area contributed by atoms with Crippen molar-refractivity contribution >= 4 is 39.0 Å². The fraction of sp³-hybridized carbons (Fsp3) is 0.333. The Hall–Kier alpha value is -1.60. The number of benzene rings is 1. The first kappa shape index (κ1) is 16.8. The van der Waals surface area contributed by atoms with Gasteiger partial charge in [0, 0.05) is 11.3 Å². The van der Waals surface area contributed by atoms with Gasteiger partial charge >= 0.3 is 0 Å². The Morgan fingerprint density at radius 3 is 2.77 bits per heavy atom. The number of halogens is 1. The number of carbonyl (C=O) groups is 1. The van der Waals surface area contributed by atoms with Crippen molar-refractivity contribution in [2.24, 2.45) is 0 Å². The molecule has 22 heavy (non-hydrogen) atoms. The van der Waals surface area contributed by atoms with Crippen LogP contribution in [0.15, 0.2) is 27.9 Å². The number of aromatic hydroxyl groups is 1. The summed E-state index contributed by atoms with van der Waals surface area (Å²) in [7, 11) is 0. The first-order chi connectivity index (χ1) is 10.3. The summed E-state index contributed by atoms with van der Waals surface area (Å²) in [5, 5.41) is 16.5. The number of carbonyl (C=O) groups excluding carboxylic acids is 1. The highest BCUT2D eigenvalue weighted by Crippen LogP contribution is 2.39. The van der Waals surface area contributed by atoms with Crippen LogP contribution in [0.3, 0.4) is 0 Å². The molecular weight excluding hydrogens is 368 g/mol. The molecule has 3 N–H and O–H groups in total. The molecule has 1 aromatic carbocycles.